The van der Waals surface area contributed by atoms with Crippen molar-refractivity contribution in [2.45, 2.75) is 76.2 Å². The van der Waals surface area contributed by atoms with Crippen LogP contribution in [0.4, 0.5) is 17.6 Å². The number of hydrogen-bond donors (Lipinski definition) is 0. The van der Waals surface area contributed by atoms with Gasteiger partial charge in [0.05, 0.1) is 5.92 Å². The van der Waals surface area contributed by atoms with Gasteiger partial charge in [-0.25, -0.2) is 8.78 Å². The summed E-state index contributed by atoms with van der Waals surface area (Å²) in [6, 6.07) is 0. The highest BCUT2D eigenvalue weighted by Crippen LogP contribution is 2.44. The molecule has 0 aliphatic heterocycles. The van der Waals surface area contributed by atoms with E-state index in [-0.39, 0.29) is 19.3 Å². The lowest BCUT2D eigenvalue weighted by Gasteiger charge is -2.32. The van der Waals surface area contributed by atoms with Crippen LogP contribution in [0.3, 0.4) is 0 Å². The largest absolute Gasteiger partial charge is 0.455 e. The molecule has 2 fully saturated rings. The molecule has 0 aromatic heterocycles. The number of hydrogen-bond acceptors (Lipinski definition) is 2. The number of carbonyl (C=O) groups excluding carboxylic acids is 1. The minimum absolute atomic E-state index is 0.0256. The Balaban J connectivity index is 2.03. The van der Waals surface area contributed by atoms with Crippen molar-refractivity contribution in [3.63, 3.8) is 0 Å². The molecule has 122 valence electrons. The lowest BCUT2D eigenvalue weighted by Crippen LogP contribution is -2.50. The number of rotatable bonds is 6. The second kappa shape index (κ2) is 6.13. The fourth-order valence-corrected chi connectivity index (χ4v) is 2.78. The number of carbonyl (C=O) groups is 1. The van der Waals surface area contributed by atoms with E-state index < -0.39 is 29.8 Å². The van der Waals surface area contributed by atoms with Gasteiger partial charge in [0.25, 0.3) is 0 Å². The van der Waals surface area contributed by atoms with Crippen LogP contribution in [0, 0.1) is 11.8 Å². The first kappa shape index (κ1) is 16.6. The van der Waals surface area contributed by atoms with E-state index in [0.717, 1.165) is 32.1 Å². The molecule has 1 unspecified atom stereocenters. The summed E-state index contributed by atoms with van der Waals surface area (Å²) in [5.74, 6) is -9.69. The Hall–Kier alpha value is -0.810. The summed E-state index contributed by atoms with van der Waals surface area (Å²) in [4.78, 5) is 12.0. The Morgan fingerprint density at radius 1 is 1.10 bits per heavy atom. The van der Waals surface area contributed by atoms with Crippen molar-refractivity contribution in [2.24, 2.45) is 11.8 Å². The Morgan fingerprint density at radius 2 is 1.67 bits per heavy atom. The smallest absolute Gasteiger partial charge is 0.345 e. The van der Waals surface area contributed by atoms with Crippen LogP contribution in [0.5, 0.6) is 0 Å². The van der Waals surface area contributed by atoms with Gasteiger partial charge in [0.15, 0.2) is 6.10 Å². The molecule has 2 aliphatic carbocycles. The zero-order chi connectivity index (χ0) is 15.7. The molecule has 0 saturated heterocycles. The van der Waals surface area contributed by atoms with E-state index in [4.69, 9.17) is 4.74 Å². The summed E-state index contributed by atoms with van der Waals surface area (Å²) in [6.07, 6.45) is 3.21. The maximum Gasteiger partial charge on any atom is 0.345 e. The minimum Gasteiger partial charge on any atom is -0.455 e. The van der Waals surface area contributed by atoms with Crippen molar-refractivity contribution < 1.29 is 27.1 Å². The van der Waals surface area contributed by atoms with Crippen LogP contribution in [-0.4, -0.2) is 23.9 Å². The zero-order valence-corrected chi connectivity index (χ0v) is 12.2. The number of halogens is 4. The van der Waals surface area contributed by atoms with Crippen molar-refractivity contribution in [1.82, 2.24) is 0 Å². The predicted molar refractivity (Wildman–Crippen MR) is 69.4 cm³/mol. The Bertz CT molecular complexity index is 368. The molecule has 0 radical (unpaired) electrons. The zero-order valence-electron chi connectivity index (χ0n) is 12.2. The molecule has 6 heteroatoms. The number of alkyl halides is 4. The molecule has 0 bridgehead atoms. The molecule has 21 heavy (non-hydrogen) atoms. The SMILES string of the molecule is CC(F)(F)C(F)(F)C(CC1CC1)OC(=O)C1CCCCC1. The van der Waals surface area contributed by atoms with Crippen LogP contribution in [-0.2, 0) is 9.53 Å². The van der Waals surface area contributed by atoms with E-state index in [2.05, 4.69) is 0 Å². The third-order valence-electron chi connectivity index (χ3n) is 4.43. The summed E-state index contributed by atoms with van der Waals surface area (Å²) >= 11 is 0. The molecule has 1 atom stereocenters. The van der Waals surface area contributed by atoms with Gasteiger partial charge in [0, 0.05) is 6.92 Å². The predicted octanol–water partition coefficient (Wildman–Crippen LogP) is 4.57. The highest BCUT2D eigenvalue weighted by Gasteiger charge is 2.60. The van der Waals surface area contributed by atoms with E-state index >= 15 is 0 Å². The second-order valence-corrected chi connectivity index (χ2v) is 6.45. The van der Waals surface area contributed by atoms with Crippen LogP contribution in [0.25, 0.3) is 0 Å². The summed E-state index contributed by atoms with van der Waals surface area (Å²) < 4.78 is 59.0. The van der Waals surface area contributed by atoms with E-state index in [9.17, 15) is 22.4 Å². The standard InChI is InChI=1S/C15H22F4O2/c1-14(16,17)15(18,19)12(9-10-7-8-10)21-13(20)11-5-3-2-4-6-11/h10-12H,2-9H2,1H3. The highest BCUT2D eigenvalue weighted by molar-refractivity contribution is 5.72. The van der Waals surface area contributed by atoms with Crippen molar-refractivity contribution in [3.8, 4) is 0 Å². The normalized spacial score (nSPS) is 22.9. The van der Waals surface area contributed by atoms with Gasteiger partial charge >= 0.3 is 17.8 Å². The summed E-state index contributed by atoms with van der Waals surface area (Å²) in [7, 11) is 0. The van der Waals surface area contributed by atoms with Gasteiger partial charge in [-0.2, -0.15) is 8.78 Å². The third kappa shape index (κ3) is 4.10. The maximum absolute atomic E-state index is 13.9. The first-order valence-corrected chi connectivity index (χ1v) is 7.68. The first-order valence-electron chi connectivity index (χ1n) is 7.68. The molecule has 2 saturated carbocycles. The molecular weight excluding hydrogens is 288 g/mol. The monoisotopic (exact) mass is 310 g/mol. The van der Waals surface area contributed by atoms with Crippen LogP contribution in [0.15, 0.2) is 0 Å². The van der Waals surface area contributed by atoms with Gasteiger partial charge in [-0.3, -0.25) is 4.79 Å². The molecule has 2 aliphatic rings. The fourth-order valence-electron chi connectivity index (χ4n) is 2.78. The quantitative estimate of drug-likeness (QED) is 0.530. The molecule has 0 N–H and O–H groups in total. The Kier molecular flexibility index (Phi) is 4.83. The van der Waals surface area contributed by atoms with Crippen molar-refractivity contribution >= 4 is 5.97 Å². The lowest BCUT2D eigenvalue weighted by atomic mass is 9.89. The molecule has 0 spiro atoms. The van der Waals surface area contributed by atoms with E-state index in [0.29, 0.717) is 12.8 Å². The van der Waals surface area contributed by atoms with Crippen LogP contribution in [0.2, 0.25) is 0 Å². The van der Waals surface area contributed by atoms with Crippen LogP contribution < -0.4 is 0 Å². The molecule has 2 nitrogen and oxygen atoms in total. The van der Waals surface area contributed by atoms with E-state index in [1.54, 1.807) is 0 Å². The molecule has 0 aromatic rings. The maximum atomic E-state index is 13.9. The van der Waals surface area contributed by atoms with Gasteiger partial charge in [-0.1, -0.05) is 32.1 Å². The van der Waals surface area contributed by atoms with Crippen molar-refractivity contribution in [3.05, 3.63) is 0 Å². The molecular formula is C15H22F4O2. The summed E-state index contributed by atoms with van der Waals surface area (Å²) in [5, 5.41) is 0. The number of esters is 1. The average molecular weight is 310 g/mol. The Morgan fingerprint density at radius 3 is 2.14 bits per heavy atom. The minimum atomic E-state index is -4.32. The topological polar surface area (TPSA) is 26.3 Å². The average Bonchev–Trinajstić information content (AvgIpc) is 3.21. The fraction of sp³-hybridized carbons (Fsp3) is 0.933. The van der Waals surface area contributed by atoms with Gasteiger partial charge in [0.2, 0.25) is 0 Å². The van der Waals surface area contributed by atoms with Crippen LogP contribution in [0.1, 0.15) is 58.3 Å². The third-order valence-corrected chi connectivity index (χ3v) is 4.43. The van der Waals surface area contributed by atoms with Gasteiger partial charge in [-0.05, 0) is 25.2 Å². The van der Waals surface area contributed by atoms with E-state index in [1.165, 1.54) is 0 Å². The number of ether oxygens (including phenoxy) is 1. The summed E-state index contributed by atoms with van der Waals surface area (Å²) in [6.45, 7) is 0.182. The van der Waals surface area contributed by atoms with Crippen LogP contribution >= 0.6 is 0 Å². The molecule has 0 aromatic carbocycles. The van der Waals surface area contributed by atoms with E-state index in [1.807, 2.05) is 0 Å². The highest BCUT2D eigenvalue weighted by atomic mass is 19.3. The summed E-state index contributed by atoms with van der Waals surface area (Å²) in [5.41, 5.74) is 0. The molecule has 0 amide bonds. The van der Waals surface area contributed by atoms with Gasteiger partial charge in [0.1, 0.15) is 0 Å². The second-order valence-electron chi connectivity index (χ2n) is 6.45. The van der Waals surface area contributed by atoms with Crippen molar-refractivity contribution in [2.75, 3.05) is 0 Å². The lowest BCUT2D eigenvalue weighted by molar-refractivity contribution is -0.254. The van der Waals surface area contributed by atoms with Gasteiger partial charge < -0.3 is 4.74 Å². The van der Waals surface area contributed by atoms with Gasteiger partial charge in [-0.15, -0.1) is 0 Å². The Labute approximate surface area is 122 Å². The first-order chi connectivity index (χ1) is 9.72. The van der Waals surface area contributed by atoms with Crippen molar-refractivity contribution in [1.29, 1.82) is 0 Å². The molecule has 0 heterocycles. The molecule has 2 rings (SSSR count).